The van der Waals surface area contributed by atoms with Crippen molar-refractivity contribution in [2.24, 2.45) is 0 Å². The molecule has 3 aromatic rings. The maximum Gasteiger partial charge on any atom is 0.325 e. The van der Waals surface area contributed by atoms with Gasteiger partial charge >= 0.3 is 5.97 Å². The highest BCUT2D eigenvalue weighted by Gasteiger charge is 2.17. The summed E-state index contributed by atoms with van der Waals surface area (Å²) in [6.07, 6.45) is 0. The fraction of sp³-hybridized carbons (Fsp3) is 0.200. The first-order valence-electron chi connectivity index (χ1n) is 8.82. The third-order valence-electron chi connectivity index (χ3n) is 4.24. The third kappa shape index (κ3) is 4.18. The minimum atomic E-state index is -0.630. The zero-order valence-electron chi connectivity index (χ0n) is 15.5. The molecule has 9 nitrogen and oxygen atoms in total. The van der Waals surface area contributed by atoms with Crippen LogP contribution in [0.25, 0.3) is 11.4 Å². The number of esters is 1. The van der Waals surface area contributed by atoms with Gasteiger partial charge < -0.3 is 24.1 Å². The Bertz CT molecular complexity index is 1060. The molecule has 2 heterocycles. The smallest absolute Gasteiger partial charge is 0.325 e. The van der Waals surface area contributed by atoms with Crippen LogP contribution in [0.4, 0.5) is 0 Å². The van der Waals surface area contributed by atoms with Crippen molar-refractivity contribution < 1.29 is 28.3 Å². The number of aryl methyl sites for hydroxylation is 1. The molecule has 0 atom stereocenters. The zero-order chi connectivity index (χ0) is 20.2. The largest absolute Gasteiger partial charge is 0.454 e. The number of carbonyl (C=O) groups is 2. The summed E-state index contributed by atoms with van der Waals surface area (Å²) in [5, 5.41) is 6.39. The van der Waals surface area contributed by atoms with Gasteiger partial charge in [0.15, 0.2) is 18.1 Å². The Labute approximate surface area is 165 Å². The van der Waals surface area contributed by atoms with E-state index in [1.165, 1.54) is 0 Å². The number of nitrogens with zero attached hydrogens (tertiary/aromatic N) is 2. The van der Waals surface area contributed by atoms with E-state index in [-0.39, 0.29) is 25.8 Å². The van der Waals surface area contributed by atoms with E-state index in [1.807, 2.05) is 31.2 Å². The topological polar surface area (TPSA) is 113 Å². The summed E-state index contributed by atoms with van der Waals surface area (Å²) in [6.45, 7) is 1.58. The number of amides is 1. The lowest BCUT2D eigenvalue weighted by molar-refractivity contribution is -0.144. The Morgan fingerprint density at radius 3 is 2.83 bits per heavy atom. The van der Waals surface area contributed by atoms with E-state index in [1.54, 1.807) is 18.2 Å². The Morgan fingerprint density at radius 2 is 1.97 bits per heavy atom. The fourth-order valence-corrected chi connectivity index (χ4v) is 2.73. The number of nitrogens with one attached hydrogen (secondary N) is 1. The summed E-state index contributed by atoms with van der Waals surface area (Å²) >= 11 is 0. The normalized spacial score (nSPS) is 11.9. The highest BCUT2D eigenvalue weighted by molar-refractivity contribution is 5.96. The van der Waals surface area contributed by atoms with E-state index in [0.29, 0.717) is 22.9 Å². The van der Waals surface area contributed by atoms with Crippen LogP contribution in [0, 0.1) is 6.92 Å². The van der Waals surface area contributed by atoms with Crippen molar-refractivity contribution in [2.45, 2.75) is 13.5 Å². The van der Waals surface area contributed by atoms with Crippen LogP contribution in [-0.2, 0) is 16.1 Å². The molecule has 0 aliphatic carbocycles. The van der Waals surface area contributed by atoms with Crippen LogP contribution in [0.1, 0.15) is 21.8 Å². The summed E-state index contributed by atoms with van der Waals surface area (Å²) in [7, 11) is 0. The van der Waals surface area contributed by atoms with Crippen molar-refractivity contribution in [1.82, 2.24) is 15.5 Å². The number of aromatic nitrogens is 2. The van der Waals surface area contributed by atoms with Crippen LogP contribution in [0.5, 0.6) is 11.5 Å². The average molecular weight is 395 g/mol. The lowest BCUT2D eigenvalue weighted by Crippen LogP contribution is -2.30. The second-order valence-electron chi connectivity index (χ2n) is 6.24. The molecule has 2 aromatic carbocycles. The Morgan fingerprint density at radius 1 is 1.14 bits per heavy atom. The van der Waals surface area contributed by atoms with Crippen molar-refractivity contribution in [3.8, 4) is 22.9 Å². The second kappa shape index (κ2) is 8.01. The Balaban J connectivity index is 1.27. The molecule has 1 aliphatic rings. The highest BCUT2D eigenvalue weighted by Crippen LogP contribution is 2.32. The van der Waals surface area contributed by atoms with E-state index < -0.39 is 11.9 Å². The molecule has 9 heteroatoms. The summed E-state index contributed by atoms with van der Waals surface area (Å²) in [6, 6.07) is 12.4. The third-order valence-corrected chi connectivity index (χ3v) is 4.24. The highest BCUT2D eigenvalue weighted by atomic mass is 16.7. The predicted molar refractivity (Wildman–Crippen MR) is 99.2 cm³/mol. The molecule has 148 valence electrons. The molecule has 0 unspecified atom stereocenters. The minimum absolute atomic E-state index is 0.119. The number of hydrogen-bond acceptors (Lipinski definition) is 8. The van der Waals surface area contributed by atoms with E-state index in [4.69, 9.17) is 18.7 Å². The SMILES string of the molecule is Cc1ccccc1-c1noc(COC(=O)CNC(=O)c2ccc3c(c2)OCO3)n1. The number of benzene rings is 2. The van der Waals surface area contributed by atoms with E-state index in [9.17, 15) is 9.59 Å². The molecule has 0 spiro atoms. The molecule has 1 amide bonds. The molecular weight excluding hydrogens is 378 g/mol. The van der Waals surface area contributed by atoms with Gasteiger partial charge in [0.1, 0.15) is 6.54 Å². The minimum Gasteiger partial charge on any atom is -0.454 e. The van der Waals surface area contributed by atoms with Gasteiger partial charge in [-0.3, -0.25) is 9.59 Å². The van der Waals surface area contributed by atoms with Crippen molar-refractivity contribution >= 4 is 11.9 Å². The van der Waals surface area contributed by atoms with Gasteiger partial charge in [-0.1, -0.05) is 29.4 Å². The molecule has 0 saturated carbocycles. The van der Waals surface area contributed by atoms with Crippen molar-refractivity contribution in [2.75, 3.05) is 13.3 Å². The summed E-state index contributed by atoms with van der Waals surface area (Å²) in [4.78, 5) is 28.3. The van der Waals surface area contributed by atoms with Gasteiger partial charge in [-0.2, -0.15) is 4.98 Å². The molecular formula is C20H17N3O6. The zero-order valence-corrected chi connectivity index (χ0v) is 15.5. The first-order valence-corrected chi connectivity index (χ1v) is 8.82. The molecule has 0 bridgehead atoms. The monoisotopic (exact) mass is 395 g/mol. The number of rotatable bonds is 6. The van der Waals surface area contributed by atoms with Gasteiger partial charge in [0.25, 0.3) is 11.8 Å². The van der Waals surface area contributed by atoms with Crippen LogP contribution in [-0.4, -0.2) is 35.4 Å². The number of hydrogen-bond donors (Lipinski definition) is 1. The van der Waals surface area contributed by atoms with Crippen molar-refractivity contribution in [3.63, 3.8) is 0 Å². The average Bonchev–Trinajstić information content (AvgIpc) is 3.39. The maximum absolute atomic E-state index is 12.2. The van der Waals surface area contributed by atoms with Crippen LogP contribution in [0.15, 0.2) is 47.0 Å². The lowest BCUT2D eigenvalue weighted by atomic mass is 10.1. The second-order valence-corrected chi connectivity index (χ2v) is 6.24. The Kier molecular flexibility index (Phi) is 5.10. The van der Waals surface area contributed by atoms with Gasteiger partial charge in [-0.05, 0) is 30.7 Å². The molecule has 0 saturated heterocycles. The van der Waals surface area contributed by atoms with E-state index >= 15 is 0 Å². The lowest BCUT2D eigenvalue weighted by Gasteiger charge is -2.06. The molecule has 4 rings (SSSR count). The quantitative estimate of drug-likeness (QED) is 0.633. The standard InChI is InChI=1S/C20H17N3O6/c1-12-4-2-3-5-14(12)19-22-17(29-23-19)10-26-18(24)9-21-20(25)13-6-7-15-16(8-13)28-11-27-15/h2-8H,9-11H2,1H3,(H,21,25). The first-order chi connectivity index (χ1) is 14.1. The molecule has 1 N–H and O–H groups in total. The van der Waals surface area contributed by atoms with E-state index in [0.717, 1.165) is 11.1 Å². The number of carbonyl (C=O) groups excluding carboxylic acids is 2. The molecule has 1 aliphatic heterocycles. The van der Waals surface area contributed by atoms with Crippen molar-refractivity contribution in [3.05, 3.63) is 59.5 Å². The van der Waals surface area contributed by atoms with Gasteiger partial charge in [0.2, 0.25) is 12.6 Å². The molecule has 0 fully saturated rings. The predicted octanol–water partition coefficient (Wildman–Crippen LogP) is 2.25. The van der Waals surface area contributed by atoms with Crippen molar-refractivity contribution in [1.29, 1.82) is 0 Å². The molecule has 0 radical (unpaired) electrons. The van der Waals surface area contributed by atoms with E-state index in [2.05, 4.69) is 15.5 Å². The summed E-state index contributed by atoms with van der Waals surface area (Å²) in [5.74, 6) is 0.588. The maximum atomic E-state index is 12.2. The summed E-state index contributed by atoms with van der Waals surface area (Å²) in [5.41, 5.74) is 2.19. The van der Waals surface area contributed by atoms with Crippen LogP contribution in [0.3, 0.4) is 0 Å². The number of fused-ring (bicyclic) bond motifs is 1. The summed E-state index contributed by atoms with van der Waals surface area (Å²) < 4.78 is 20.6. The van der Waals surface area contributed by atoms with Crippen LogP contribution >= 0.6 is 0 Å². The molecule has 1 aromatic heterocycles. The Hall–Kier alpha value is -3.88. The van der Waals surface area contributed by atoms with Gasteiger partial charge in [-0.15, -0.1) is 0 Å². The fourth-order valence-electron chi connectivity index (χ4n) is 2.73. The van der Waals surface area contributed by atoms with Gasteiger partial charge in [-0.25, -0.2) is 0 Å². The van der Waals surface area contributed by atoms with Gasteiger partial charge in [0.05, 0.1) is 0 Å². The molecule has 29 heavy (non-hydrogen) atoms. The number of ether oxygens (including phenoxy) is 3. The first kappa shape index (κ1) is 18.5. The van der Waals surface area contributed by atoms with Crippen LogP contribution in [0.2, 0.25) is 0 Å². The van der Waals surface area contributed by atoms with Crippen LogP contribution < -0.4 is 14.8 Å². The van der Waals surface area contributed by atoms with Gasteiger partial charge in [0, 0.05) is 11.1 Å².